The van der Waals surface area contributed by atoms with Crippen molar-refractivity contribution in [3.05, 3.63) is 29.7 Å². The summed E-state index contributed by atoms with van der Waals surface area (Å²) in [7, 11) is 0. The van der Waals surface area contributed by atoms with Gasteiger partial charge in [0.05, 0.1) is 0 Å². The van der Waals surface area contributed by atoms with Gasteiger partial charge >= 0.3 is 0 Å². The first kappa shape index (κ1) is 10.3. The second-order valence-corrected chi connectivity index (χ2v) is 4.66. The van der Waals surface area contributed by atoms with E-state index in [0.29, 0.717) is 11.7 Å². The van der Waals surface area contributed by atoms with E-state index in [4.69, 9.17) is 4.52 Å². The normalized spacial score (nSPS) is 13.8. The van der Waals surface area contributed by atoms with Crippen LogP contribution in [0.15, 0.2) is 22.7 Å². The lowest BCUT2D eigenvalue weighted by atomic mass is 10.1. The zero-order valence-electron chi connectivity index (χ0n) is 10.0. The van der Waals surface area contributed by atoms with Crippen molar-refractivity contribution < 1.29 is 4.52 Å². The minimum absolute atomic E-state index is 0.271. The fourth-order valence-corrected chi connectivity index (χ4v) is 2.03. The number of nitrogens with zero attached hydrogens (tertiary/aromatic N) is 2. The number of benzene rings is 1. The van der Waals surface area contributed by atoms with Gasteiger partial charge in [0, 0.05) is 23.7 Å². The minimum atomic E-state index is 0.271. The van der Waals surface area contributed by atoms with Crippen LogP contribution < -0.4 is 5.32 Å². The lowest BCUT2D eigenvalue weighted by molar-refractivity contribution is 0.365. The lowest BCUT2D eigenvalue weighted by Crippen LogP contribution is -1.90. The van der Waals surface area contributed by atoms with Crippen LogP contribution in [0.3, 0.4) is 0 Å². The minimum Gasteiger partial charge on any atom is -0.384 e. The number of aromatic nitrogens is 2. The summed E-state index contributed by atoms with van der Waals surface area (Å²) in [5, 5.41) is 7.36. The second kappa shape index (κ2) is 3.87. The summed E-state index contributed by atoms with van der Waals surface area (Å²) < 4.78 is 5.22. The standard InChI is InChI=1S/C13H15N3O/c1-8(2)13-15-12(16-17-13)10-3-4-11-9(7-10)5-6-14-11/h3-4,7-8,14H,5-6H2,1-2H3. The highest BCUT2D eigenvalue weighted by Gasteiger charge is 2.15. The van der Waals surface area contributed by atoms with Crippen LogP contribution >= 0.6 is 0 Å². The third-order valence-corrected chi connectivity index (χ3v) is 3.01. The van der Waals surface area contributed by atoms with E-state index in [9.17, 15) is 0 Å². The number of hydrogen-bond acceptors (Lipinski definition) is 4. The van der Waals surface area contributed by atoms with Crippen LogP contribution in [0, 0.1) is 0 Å². The summed E-state index contributed by atoms with van der Waals surface area (Å²) in [6.45, 7) is 5.11. The second-order valence-electron chi connectivity index (χ2n) is 4.66. The Morgan fingerprint density at radius 2 is 2.24 bits per heavy atom. The zero-order chi connectivity index (χ0) is 11.8. The molecule has 0 spiro atoms. The van der Waals surface area contributed by atoms with Crippen molar-refractivity contribution in [1.82, 2.24) is 10.1 Å². The van der Waals surface area contributed by atoms with Gasteiger partial charge in [-0.05, 0) is 30.2 Å². The quantitative estimate of drug-likeness (QED) is 0.860. The average Bonchev–Trinajstić information content (AvgIpc) is 2.97. The van der Waals surface area contributed by atoms with Crippen LogP contribution in [0.4, 0.5) is 5.69 Å². The van der Waals surface area contributed by atoms with Gasteiger partial charge in [0.15, 0.2) is 0 Å². The zero-order valence-corrected chi connectivity index (χ0v) is 10.0. The molecule has 1 aromatic carbocycles. The van der Waals surface area contributed by atoms with Gasteiger partial charge in [-0.2, -0.15) is 4.98 Å². The Morgan fingerprint density at radius 1 is 1.35 bits per heavy atom. The van der Waals surface area contributed by atoms with E-state index in [1.165, 1.54) is 11.3 Å². The third-order valence-electron chi connectivity index (χ3n) is 3.01. The molecule has 0 atom stereocenters. The van der Waals surface area contributed by atoms with Gasteiger partial charge in [-0.25, -0.2) is 0 Å². The topological polar surface area (TPSA) is 51.0 Å². The van der Waals surface area contributed by atoms with E-state index < -0.39 is 0 Å². The molecule has 0 unspecified atom stereocenters. The summed E-state index contributed by atoms with van der Waals surface area (Å²) in [6.07, 6.45) is 1.07. The van der Waals surface area contributed by atoms with Gasteiger partial charge in [0.25, 0.3) is 0 Å². The number of rotatable bonds is 2. The van der Waals surface area contributed by atoms with Crippen molar-refractivity contribution in [2.24, 2.45) is 0 Å². The van der Waals surface area contributed by atoms with Crippen molar-refractivity contribution in [3.63, 3.8) is 0 Å². The van der Waals surface area contributed by atoms with Crippen molar-refractivity contribution >= 4 is 5.69 Å². The molecule has 88 valence electrons. The highest BCUT2D eigenvalue weighted by Crippen LogP contribution is 2.27. The number of fused-ring (bicyclic) bond motifs is 1. The highest BCUT2D eigenvalue weighted by molar-refractivity contribution is 5.65. The molecule has 0 saturated carbocycles. The van der Waals surface area contributed by atoms with Gasteiger partial charge in [0.2, 0.25) is 11.7 Å². The van der Waals surface area contributed by atoms with Gasteiger partial charge in [-0.3, -0.25) is 0 Å². The van der Waals surface area contributed by atoms with Crippen LogP contribution in [0.1, 0.15) is 31.2 Å². The Hall–Kier alpha value is -1.84. The molecule has 4 nitrogen and oxygen atoms in total. The van der Waals surface area contributed by atoms with E-state index in [1.807, 2.05) is 19.9 Å². The van der Waals surface area contributed by atoms with Crippen molar-refractivity contribution in [2.45, 2.75) is 26.2 Å². The fraction of sp³-hybridized carbons (Fsp3) is 0.385. The SMILES string of the molecule is CC(C)c1nc(-c2ccc3c(c2)CCN3)no1. The molecular formula is C13H15N3O. The molecular weight excluding hydrogens is 214 g/mol. The molecule has 17 heavy (non-hydrogen) atoms. The van der Waals surface area contributed by atoms with E-state index in [2.05, 4.69) is 27.6 Å². The molecule has 0 fully saturated rings. The van der Waals surface area contributed by atoms with Crippen LogP contribution in [0.25, 0.3) is 11.4 Å². The molecule has 0 amide bonds. The summed E-state index contributed by atoms with van der Waals surface area (Å²) in [5.74, 6) is 1.65. The molecule has 2 heterocycles. The van der Waals surface area contributed by atoms with Crippen LogP contribution in [-0.2, 0) is 6.42 Å². The third kappa shape index (κ3) is 1.79. The monoisotopic (exact) mass is 229 g/mol. The highest BCUT2D eigenvalue weighted by atomic mass is 16.5. The molecule has 0 saturated heterocycles. The van der Waals surface area contributed by atoms with Crippen LogP contribution in [0.5, 0.6) is 0 Å². The lowest BCUT2D eigenvalue weighted by Gasteiger charge is -2.00. The summed E-state index contributed by atoms with van der Waals surface area (Å²) in [6, 6.07) is 6.26. The average molecular weight is 229 g/mol. The predicted molar refractivity (Wildman–Crippen MR) is 66.0 cm³/mol. The summed E-state index contributed by atoms with van der Waals surface area (Å²) >= 11 is 0. The number of anilines is 1. The Kier molecular flexibility index (Phi) is 2.35. The van der Waals surface area contributed by atoms with Crippen molar-refractivity contribution in [3.8, 4) is 11.4 Å². The first-order valence-electron chi connectivity index (χ1n) is 5.95. The van der Waals surface area contributed by atoms with Gasteiger partial charge in [0.1, 0.15) is 0 Å². The number of nitrogens with one attached hydrogen (secondary N) is 1. The smallest absolute Gasteiger partial charge is 0.229 e. The van der Waals surface area contributed by atoms with Crippen molar-refractivity contribution in [2.75, 3.05) is 11.9 Å². The van der Waals surface area contributed by atoms with Crippen LogP contribution in [-0.4, -0.2) is 16.7 Å². The van der Waals surface area contributed by atoms with E-state index in [1.54, 1.807) is 0 Å². The fourth-order valence-electron chi connectivity index (χ4n) is 2.03. The molecule has 1 N–H and O–H groups in total. The molecule has 1 aliphatic heterocycles. The molecule has 1 aromatic heterocycles. The maximum atomic E-state index is 5.22. The molecule has 2 aromatic rings. The van der Waals surface area contributed by atoms with E-state index in [0.717, 1.165) is 18.5 Å². The molecule has 0 aliphatic carbocycles. The predicted octanol–water partition coefficient (Wildman–Crippen LogP) is 2.83. The largest absolute Gasteiger partial charge is 0.384 e. The van der Waals surface area contributed by atoms with E-state index >= 15 is 0 Å². The maximum absolute atomic E-state index is 5.22. The summed E-state index contributed by atoms with van der Waals surface area (Å²) in [4.78, 5) is 4.41. The Labute approximate surface area is 100 Å². The number of hydrogen-bond donors (Lipinski definition) is 1. The first-order valence-corrected chi connectivity index (χ1v) is 5.95. The molecule has 0 bridgehead atoms. The van der Waals surface area contributed by atoms with Gasteiger partial charge in [-0.15, -0.1) is 0 Å². The van der Waals surface area contributed by atoms with E-state index in [-0.39, 0.29) is 5.92 Å². The van der Waals surface area contributed by atoms with Crippen molar-refractivity contribution in [1.29, 1.82) is 0 Å². The maximum Gasteiger partial charge on any atom is 0.229 e. The molecule has 1 aliphatic rings. The molecule has 3 rings (SSSR count). The Morgan fingerprint density at radius 3 is 3.00 bits per heavy atom. The van der Waals surface area contributed by atoms with Gasteiger partial charge < -0.3 is 9.84 Å². The first-order chi connectivity index (χ1) is 8.24. The molecule has 4 heteroatoms. The Bertz CT molecular complexity index is 545. The Balaban J connectivity index is 1.97. The summed E-state index contributed by atoms with van der Waals surface area (Å²) in [5.41, 5.74) is 3.59. The van der Waals surface area contributed by atoms with Gasteiger partial charge in [-0.1, -0.05) is 19.0 Å². The molecule has 0 radical (unpaired) electrons. The van der Waals surface area contributed by atoms with Crippen LogP contribution in [0.2, 0.25) is 0 Å².